The Morgan fingerprint density at radius 3 is 2.61 bits per heavy atom. The molecule has 3 N–H and O–H groups in total. The van der Waals surface area contributed by atoms with E-state index in [1.807, 2.05) is 0 Å². The molecule has 102 valence electrons. The standard InChI is InChI=1S/C12H21N3O3/c1-12(10(16)17)3-5-15(8-12)11(18)14-4-2-9(6-13)7-14/h9H,2-8,13H2,1H3,(H,16,17). The highest BCUT2D eigenvalue weighted by molar-refractivity contribution is 5.79. The summed E-state index contributed by atoms with van der Waals surface area (Å²) in [5.41, 5.74) is 4.81. The molecule has 0 aromatic rings. The molecule has 6 nitrogen and oxygen atoms in total. The van der Waals surface area contributed by atoms with Gasteiger partial charge in [0, 0.05) is 26.2 Å². The van der Waals surface area contributed by atoms with Crippen LogP contribution in [0.1, 0.15) is 19.8 Å². The average molecular weight is 255 g/mol. The molecule has 0 saturated carbocycles. The molecular weight excluding hydrogens is 234 g/mol. The topological polar surface area (TPSA) is 86.9 Å². The van der Waals surface area contributed by atoms with Crippen molar-refractivity contribution in [3.8, 4) is 0 Å². The molecule has 0 aliphatic carbocycles. The van der Waals surface area contributed by atoms with E-state index in [2.05, 4.69) is 0 Å². The van der Waals surface area contributed by atoms with Crippen molar-refractivity contribution in [3.05, 3.63) is 0 Å². The van der Waals surface area contributed by atoms with Crippen LogP contribution in [0.4, 0.5) is 4.79 Å². The molecule has 0 aromatic carbocycles. The number of carboxylic acid groups (broad SMARTS) is 1. The zero-order valence-electron chi connectivity index (χ0n) is 10.8. The zero-order valence-corrected chi connectivity index (χ0v) is 10.8. The summed E-state index contributed by atoms with van der Waals surface area (Å²) >= 11 is 0. The third-order valence-corrected chi connectivity index (χ3v) is 4.15. The van der Waals surface area contributed by atoms with E-state index in [9.17, 15) is 9.59 Å². The molecule has 2 rings (SSSR count). The van der Waals surface area contributed by atoms with Crippen LogP contribution in [0.2, 0.25) is 0 Å². The summed E-state index contributed by atoms with van der Waals surface area (Å²) in [5, 5.41) is 9.15. The van der Waals surface area contributed by atoms with Crippen molar-refractivity contribution in [2.24, 2.45) is 17.1 Å². The van der Waals surface area contributed by atoms with E-state index in [-0.39, 0.29) is 6.03 Å². The van der Waals surface area contributed by atoms with Gasteiger partial charge in [0.15, 0.2) is 0 Å². The van der Waals surface area contributed by atoms with E-state index >= 15 is 0 Å². The molecule has 18 heavy (non-hydrogen) atoms. The van der Waals surface area contributed by atoms with Crippen molar-refractivity contribution in [3.63, 3.8) is 0 Å². The minimum absolute atomic E-state index is 0.0316. The van der Waals surface area contributed by atoms with Gasteiger partial charge in [-0.15, -0.1) is 0 Å². The molecule has 2 fully saturated rings. The molecule has 0 bridgehead atoms. The highest BCUT2D eigenvalue weighted by atomic mass is 16.4. The third kappa shape index (κ3) is 2.29. The van der Waals surface area contributed by atoms with Crippen molar-refractivity contribution in [2.45, 2.75) is 19.8 Å². The highest BCUT2D eigenvalue weighted by Crippen LogP contribution is 2.31. The van der Waals surface area contributed by atoms with Gasteiger partial charge in [-0.05, 0) is 32.2 Å². The lowest BCUT2D eigenvalue weighted by atomic mass is 9.90. The number of amides is 2. The van der Waals surface area contributed by atoms with E-state index in [1.165, 1.54) is 0 Å². The maximum atomic E-state index is 12.2. The monoisotopic (exact) mass is 255 g/mol. The molecule has 2 atom stereocenters. The van der Waals surface area contributed by atoms with Crippen molar-refractivity contribution < 1.29 is 14.7 Å². The summed E-state index contributed by atoms with van der Waals surface area (Å²) in [5.74, 6) is -0.429. The van der Waals surface area contributed by atoms with E-state index in [0.717, 1.165) is 13.0 Å². The molecule has 0 aromatic heterocycles. The number of urea groups is 1. The Balaban J connectivity index is 1.94. The van der Waals surface area contributed by atoms with Crippen LogP contribution in [0, 0.1) is 11.3 Å². The second-order valence-electron chi connectivity index (χ2n) is 5.66. The van der Waals surface area contributed by atoms with E-state index in [1.54, 1.807) is 16.7 Å². The number of hydrogen-bond donors (Lipinski definition) is 2. The quantitative estimate of drug-likeness (QED) is 0.737. The number of carbonyl (C=O) groups is 2. The number of nitrogens with two attached hydrogens (primary N) is 1. The van der Waals surface area contributed by atoms with Gasteiger partial charge in [-0.1, -0.05) is 0 Å². The van der Waals surface area contributed by atoms with Crippen LogP contribution in [0.15, 0.2) is 0 Å². The first-order valence-corrected chi connectivity index (χ1v) is 6.43. The van der Waals surface area contributed by atoms with Crippen LogP contribution < -0.4 is 5.73 Å². The minimum Gasteiger partial charge on any atom is -0.481 e. The first-order valence-electron chi connectivity index (χ1n) is 6.43. The second kappa shape index (κ2) is 4.76. The van der Waals surface area contributed by atoms with E-state index in [0.29, 0.717) is 38.5 Å². The Labute approximate surface area is 107 Å². The van der Waals surface area contributed by atoms with Crippen molar-refractivity contribution in [1.82, 2.24) is 9.80 Å². The molecule has 2 unspecified atom stereocenters. The van der Waals surface area contributed by atoms with Gasteiger partial charge in [0.2, 0.25) is 0 Å². The van der Waals surface area contributed by atoms with Gasteiger partial charge < -0.3 is 20.6 Å². The molecule has 2 aliphatic heterocycles. The van der Waals surface area contributed by atoms with Gasteiger partial charge >= 0.3 is 12.0 Å². The Kier molecular flexibility index (Phi) is 3.47. The number of carboxylic acids is 1. The normalized spacial score (nSPS) is 32.0. The van der Waals surface area contributed by atoms with Crippen LogP contribution >= 0.6 is 0 Å². The van der Waals surface area contributed by atoms with Gasteiger partial charge in [-0.25, -0.2) is 4.79 Å². The summed E-state index contributed by atoms with van der Waals surface area (Å²) in [6, 6.07) is -0.0316. The van der Waals surface area contributed by atoms with E-state index < -0.39 is 11.4 Å². The van der Waals surface area contributed by atoms with Gasteiger partial charge in [-0.3, -0.25) is 4.79 Å². The molecular formula is C12H21N3O3. The van der Waals surface area contributed by atoms with Gasteiger partial charge in [0.05, 0.1) is 5.41 Å². The smallest absolute Gasteiger partial charge is 0.320 e. The fourth-order valence-corrected chi connectivity index (χ4v) is 2.70. The van der Waals surface area contributed by atoms with Gasteiger partial charge in [-0.2, -0.15) is 0 Å². The van der Waals surface area contributed by atoms with Gasteiger partial charge in [0.25, 0.3) is 0 Å². The molecule has 2 saturated heterocycles. The maximum absolute atomic E-state index is 12.2. The second-order valence-corrected chi connectivity index (χ2v) is 5.66. The summed E-state index contributed by atoms with van der Waals surface area (Å²) in [4.78, 5) is 26.8. The Bertz CT molecular complexity index is 360. The summed E-state index contributed by atoms with van der Waals surface area (Å²) in [6.07, 6.45) is 1.48. The van der Waals surface area contributed by atoms with Crippen LogP contribution in [-0.4, -0.2) is 59.6 Å². The lowest BCUT2D eigenvalue weighted by Gasteiger charge is -2.25. The zero-order chi connectivity index (χ0) is 13.3. The summed E-state index contributed by atoms with van der Waals surface area (Å²) < 4.78 is 0. The lowest BCUT2D eigenvalue weighted by Crippen LogP contribution is -2.42. The number of carbonyl (C=O) groups excluding carboxylic acids is 1. The molecule has 0 radical (unpaired) electrons. The van der Waals surface area contributed by atoms with Gasteiger partial charge in [0.1, 0.15) is 0 Å². The first-order chi connectivity index (χ1) is 8.46. The number of hydrogen-bond acceptors (Lipinski definition) is 3. The summed E-state index contributed by atoms with van der Waals surface area (Å²) in [6.45, 7) is 4.60. The van der Waals surface area contributed by atoms with Crippen molar-refractivity contribution in [1.29, 1.82) is 0 Å². The maximum Gasteiger partial charge on any atom is 0.320 e. The highest BCUT2D eigenvalue weighted by Gasteiger charge is 2.43. The number of rotatable bonds is 2. The fraction of sp³-hybridized carbons (Fsp3) is 0.833. The van der Waals surface area contributed by atoms with E-state index in [4.69, 9.17) is 10.8 Å². The predicted molar refractivity (Wildman–Crippen MR) is 66.1 cm³/mol. The molecule has 6 heteroatoms. The van der Waals surface area contributed by atoms with Crippen LogP contribution in [0.5, 0.6) is 0 Å². The van der Waals surface area contributed by atoms with Crippen LogP contribution in [-0.2, 0) is 4.79 Å². The largest absolute Gasteiger partial charge is 0.481 e. The lowest BCUT2D eigenvalue weighted by molar-refractivity contribution is -0.147. The summed E-state index contributed by atoms with van der Waals surface area (Å²) in [7, 11) is 0. The first kappa shape index (κ1) is 13.1. The molecule has 2 heterocycles. The predicted octanol–water partition coefficient (Wildman–Crippen LogP) is 0.184. The number of likely N-dealkylation sites (tertiary alicyclic amines) is 2. The van der Waals surface area contributed by atoms with Crippen LogP contribution in [0.3, 0.4) is 0 Å². The molecule has 0 spiro atoms. The molecule has 2 aliphatic rings. The molecule has 2 amide bonds. The number of aliphatic carboxylic acids is 1. The van der Waals surface area contributed by atoms with Crippen molar-refractivity contribution in [2.75, 3.05) is 32.7 Å². The fourth-order valence-electron chi connectivity index (χ4n) is 2.70. The van der Waals surface area contributed by atoms with Crippen LogP contribution in [0.25, 0.3) is 0 Å². The SMILES string of the molecule is CC1(C(=O)O)CCN(C(=O)N2CCC(CN)C2)C1. The average Bonchev–Trinajstić information content (AvgIpc) is 2.95. The van der Waals surface area contributed by atoms with Crippen molar-refractivity contribution >= 4 is 12.0 Å². The number of nitrogens with zero attached hydrogens (tertiary/aromatic N) is 2. The Morgan fingerprint density at radius 1 is 1.39 bits per heavy atom. The third-order valence-electron chi connectivity index (χ3n) is 4.15. The Morgan fingerprint density at radius 2 is 2.11 bits per heavy atom. The minimum atomic E-state index is -0.820. The Hall–Kier alpha value is -1.30.